The van der Waals surface area contributed by atoms with Gasteiger partial charge in [0.25, 0.3) is 0 Å². The van der Waals surface area contributed by atoms with E-state index in [0.717, 1.165) is 43.5 Å². The SMILES string of the molecule is CN(C=N)C(=N)C1CCN(c2c(-c3ccc(F)nc3)ccc(C(C=NC3CCNCC3)=CN)c2C#N)CC1. The molecule has 10 heteroatoms. The van der Waals surface area contributed by atoms with Gasteiger partial charge in [0.15, 0.2) is 0 Å². The number of aromatic nitrogens is 1. The zero-order chi connectivity index (χ0) is 27.1. The van der Waals surface area contributed by atoms with Crippen LogP contribution in [0, 0.1) is 34.0 Å². The van der Waals surface area contributed by atoms with Crippen LogP contribution in [0.2, 0.25) is 0 Å². The van der Waals surface area contributed by atoms with Crippen LogP contribution in [0.1, 0.15) is 36.8 Å². The van der Waals surface area contributed by atoms with Crippen LogP contribution in [0.4, 0.5) is 10.1 Å². The largest absolute Gasteiger partial charge is 0.404 e. The second kappa shape index (κ2) is 12.4. The molecule has 2 aliphatic heterocycles. The molecule has 2 fully saturated rings. The van der Waals surface area contributed by atoms with Gasteiger partial charge in [-0.3, -0.25) is 15.8 Å². The molecule has 2 saturated heterocycles. The zero-order valence-corrected chi connectivity index (χ0v) is 21.6. The number of pyridine rings is 1. The van der Waals surface area contributed by atoms with Crippen molar-refractivity contribution in [2.24, 2.45) is 16.6 Å². The number of nitrogens with one attached hydrogen (secondary N) is 3. The molecule has 2 aliphatic rings. The van der Waals surface area contributed by atoms with Gasteiger partial charge in [0.2, 0.25) is 5.95 Å². The normalized spacial score (nSPS) is 17.4. The van der Waals surface area contributed by atoms with Gasteiger partial charge in [-0.05, 0) is 50.9 Å². The molecule has 0 spiro atoms. The molecule has 38 heavy (non-hydrogen) atoms. The number of nitriles is 1. The highest BCUT2D eigenvalue weighted by Gasteiger charge is 2.28. The number of hydrogen-bond donors (Lipinski definition) is 4. The van der Waals surface area contributed by atoms with Crippen molar-refractivity contribution >= 4 is 29.6 Å². The number of aliphatic imine (C=N–C) groups is 1. The highest BCUT2D eigenvalue weighted by molar-refractivity contribution is 6.11. The van der Waals surface area contributed by atoms with E-state index in [0.29, 0.717) is 54.0 Å². The van der Waals surface area contributed by atoms with E-state index in [1.54, 1.807) is 19.3 Å². The molecule has 198 valence electrons. The van der Waals surface area contributed by atoms with Crippen molar-refractivity contribution in [3.63, 3.8) is 0 Å². The van der Waals surface area contributed by atoms with Gasteiger partial charge in [-0.15, -0.1) is 0 Å². The lowest BCUT2D eigenvalue weighted by Gasteiger charge is -2.37. The summed E-state index contributed by atoms with van der Waals surface area (Å²) in [6.45, 7) is 3.12. The maximum Gasteiger partial charge on any atom is 0.212 e. The Hall–Kier alpha value is -4.10. The van der Waals surface area contributed by atoms with Crippen molar-refractivity contribution in [3.05, 3.63) is 53.7 Å². The minimum atomic E-state index is -0.565. The van der Waals surface area contributed by atoms with Crippen LogP contribution in [0.3, 0.4) is 0 Å². The number of nitrogens with two attached hydrogens (primary N) is 1. The third-order valence-electron chi connectivity index (χ3n) is 7.32. The topological polar surface area (TPSA) is 141 Å². The second-order valence-corrected chi connectivity index (χ2v) is 9.63. The van der Waals surface area contributed by atoms with Gasteiger partial charge < -0.3 is 20.9 Å². The summed E-state index contributed by atoms with van der Waals surface area (Å²) in [5.74, 6) is -0.122. The first-order valence-corrected chi connectivity index (χ1v) is 12.9. The molecule has 0 aliphatic carbocycles. The monoisotopic (exact) mass is 515 g/mol. The number of benzene rings is 1. The van der Waals surface area contributed by atoms with Crippen LogP contribution in [-0.2, 0) is 0 Å². The summed E-state index contributed by atoms with van der Waals surface area (Å²) >= 11 is 0. The maximum absolute atomic E-state index is 13.6. The quantitative estimate of drug-likeness (QED) is 0.252. The van der Waals surface area contributed by atoms with Gasteiger partial charge in [-0.25, -0.2) is 4.98 Å². The van der Waals surface area contributed by atoms with Gasteiger partial charge in [-0.1, -0.05) is 12.1 Å². The minimum Gasteiger partial charge on any atom is -0.404 e. The lowest BCUT2D eigenvalue weighted by Crippen LogP contribution is -2.41. The number of rotatable bonds is 7. The van der Waals surface area contributed by atoms with Crippen molar-refractivity contribution in [2.45, 2.75) is 31.7 Å². The first-order chi connectivity index (χ1) is 18.5. The lowest BCUT2D eigenvalue weighted by molar-refractivity contribution is 0.461. The van der Waals surface area contributed by atoms with E-state index in [9.17, 15) is 9.65 Å². The van der Waals surface area contributed by atoms with E-state index in [4.69, 9.17) is 21.5 Å². The fraction of sp³-hybridized carbons (Fsp3) is 0.393. The van der Waals surface area contributed by atoms with Gasteiger partial charge in [0.05, 0.1) is 23.6 Å². The van der Waals surface area contributed by atoms with Gasteiger partial charge in [-0.2, -0.15) is 9.65 Å². The molecular weight excluding hydrogens is 481 g/mol. The fourth-order valence-corrected chi connectivity index (χ4v) is 5.12. The summed E-state index contributed by atoms with van der Waals surface area (Å²) in [7, 11) is 1.71. The molecule has 9 nitrogen and oxygen atoms in total. The lowest BCUT2D eigenvalue weighted by atomic mass is 9.90. The Labute approximate surface area is 222 Å². The number of amidine groups is 1. The minimum absolute atomic E-state index is 0.0270. The molecule has 4 rings (SSSR count). The Bertz CT molecular complexity index is 1250. The number of anilines is 1. The Morgan fingerprint density at radius 3 is 2.58 bits per heavy atom. The molecule has 0 unspecified atom stereocenters. The predicted molar refractivity (Wildman–Crippen MR) is 150 cm³/mol. The summed E-state index contributed by atoms with van der Waals surface area (Å²) in [5.41, 5.74) is 10.1. The first kappa shape index (κ1) is 26.9. The Morgan fingerprint density at radius 2 is 1.97 bits per heavy atom. The van der Waals surface area contributed by atoms with E-state index in [1.807, 2.05) is 12.1 Å². The van der Waals surface area contributed by atoms with E-state index in [2.05, 4.69) is 21.3 Å². The average molecular weight is 516 g/mol. The van der Waals surface area contributed by atoms with Gasteiger partial charge in [0.1, 0.15) is 11.9 Å². The third-order valence-corrected chi connectivity index (χ3v) is 7.32. The summed E-state index contributed by atoms with van der Waals surface area (Å²) in [5, 5.41) is 29.6. The van der Waals surface area contributed by atoms with Gasteiger partial charge in [0, 0.05) is 66.9 Å². The molecule has 1 aromatic carbocycles. The second-order valence-electron chi connectivity index (χ2n) is 9.63. The van der Waals surface area contributed by atoms with E-state index >= 15 is 0 Å². The maximum atomic E-state index is 13.6. The van der Waals surface area contributed by atoms with E-state index in [1.165, 1.54) is 23.4 Å². The van der Waals surface area contributed by atoms with Crippen LogP contribution in [0.5, 0.6) is 0 Å². The Morgan fingerprint density at radius 1 is 1.24 bits per heavy atom. The number of allylic oxidation sites excluding steroid dienone is 1. The number of halogens is 1. The van der Waals surface area contributed by atoms with E-state index in [-0.39, 0.29) is 12.0 Å². The molecular formula is C28H34FN9. The molecule has 0 bridgehead atoms. The molecule has 3 heterocycles. The number of piperidine rings is 2. The van der Waals surface area contributed by atoms with Gasteiger partial charge >= 0.3 is 0 Å². The Balaban J connectivity index is 1.73. The van der Waals surface area contributed by atoms with Crippen molar-refractivity contribution in [1.82, 2.24) is 15.2 Å². The van der Waals surface area contributed by atoms with Crippen LogP contribution < -0.4 is 16.0 Å². The number of hydrogen-bond acceptors (Lipinski definition) is 8. The Kier molecular flexibility index (Phi) is 8.81. The predicted octanol–water partition coefficient (Wildman–Crippen LogP) is 3.61. The number of nitrogens with zero attached hydrogens (tertiary/aromatic N) is 5. The van der Waals surface area contributed by atoms with Crippen molar-refractivity contribution < 1.29 is 4.39 Å². The van der Waals surface area contributed by atoms with Crippen LogP contribution in [0.25, 0.3) is 16.7 Å². The van der Waals surface area contributed by atoms with Crippen molar-refractivity contribution in [3.8, 4) is 17.2 Å². The molecule has 0 amide bonds. The average Bonchev–Trinajstić information content (AvgIpc) is 2.97. The summed E-state index contributed by atoms with van der Waals surface area (Å²) in [6.07, 6.45) is 9.23. The molecule has 0 saturated carbocycles. The summed E-state index contributed by atoms with van der Waals surface area (Å²) in [4.78, 5) is 12.3. The summed E-state index contributed by atoms with van der Waals surface area (Å²) in [6, 6.07) is 9.41. The highest BCUT2D eigenvalue weighted by Crippen LogP contribution is 2.39. The molecule has 5 N–H and O–H groups in total. The van der Waals surface area contributed by atoms with Crippen molar-refractivity contribution in [2.75, 3.05) is 38.1 Å². The molecule has 0 atom stereocenters. The smallest absolute Gasteiger partial charge is 0.212 e. The zero-order valence-electron chi connectivity index (χ0n) is 21.6. The van der Waals surface area contributed by atoms with Crippen LogP contribution in [0.15, 0.2) is 41.7 Å². The van der Waals surface area contributed by atoms with Crippen LogP contribution >= 0.6 is 0 Å². The first-order valence-electron chi connectivity index (χ1n) is 12.9. The fourth-order valence-electron chi connectivity index (χ4n) is 5.12. The third kappa shape index (κ3) is 5.89. The highest BCUT2D eigenvalue weighted by atomic mass is 19.1. The molecule has 2 aromatic rings. The van der Waals surface area contributed by atoms with Crippen LogP contribution in [-0.4, -0.2) is 67.5 Å². The molecule has 1 aromatic heterocycles. The molecule has 0 radical (unpaired) electrons. The van der Waals surface area contributed by atoms with Crippen molar-refractivity contribution in [1.29, 1.82) is 16.1 Å². The van der Waals surface area contributed by atoms with E-state index < -0.39 is 5.95 Å². The standard InChI is InChI=1S/C28H34FN9/c1-37(18-32)28(33)19-8-12-38(13-9-19)27-24(20-2-5-26(29)36-16-20)4-3-23(25(27)15-31)21(14-30)17-35-22-6-10-34-11-7-22/h2-5,14,16-19,22,32-34H,6-13,30H2,1H3. The summed E-state index contributed by atoms with van der Waals surface area (Å²) < 4.78 is 13.6.